The summed E-state index contributed by atoms with van der Waals surface area (Å²) in [7, 11) is 0. The van der Waals surface area contributed by atoms with Gasteiger partial charge in [0, 0.05) is 11.4 Å². The highest BCUT2D eigenvalue weighted by molar-refractivity contribution is 7.99. The molecule has 3 aromatic rings. The molecule has 3 rings (SSSR count). The summed E-state index contributed by atoms with van der Waals surface area (Å²) in [5.41, 5.74) is 7.75. The van der Waals surface area contributed by atoms with Crippen LogP contribution in [0.4, 0.5) is 16.0 Å². The molecule has 0 fully saturated rings. The minimum atomic E-state index is -0.556. The van der Waals surface area contributed by atoms with E-state index in [2.05, 4.69) is 27.6 Å². The van der Waals surface area contributed by atoms with E-state index in [9.17, 15) is 9.18 Å². The van der Waals surface area contributed by atoms with E-state index in [1.807, 2.05) is 25.1 Å². The number of rotatable bonds is 8. The summed E-state index contributed by atoms with van der Waals surface area (Å²) >= 11 is 1.51. The number of halogens is 1. The lowest BCUT2D eigenvalue weighted by atomic mass is 10.2. The molecule has 2 aromatic carbocycles. The first-order valence-corrected chi connectivity index (χ1v) is 10.0. The molecule has 3 N–H and O–H groups in total. The maximum absolute atomic E-state index is 13.1. The second-order valence-corrected chi connectivity index (χ2v) is 7.28. The van der Waals surface area contributed by atoms with Crippen LogP contribution in [0.3, 0.4) is 0 Å². The van der Waals surface area contributed by atoms with Crippen LogP contribution in [0.2, 0.25) is 0 Å². The molecule has 146 valence electrons. The number of hydrogen-bond acceptors (Lipinski definition) is 5. The van der Waals surface area contributed by atoms with Gasteiger partial charge in [0.15, 0.2) is 5.16 Å². The molecule has 0 spiro atoms. The van der Waals surface area contributed by atoms with E-state index in [1.165, 1.54) is 41.6 Å². The van der Waals surface area contributed by atoms with Gasteiger partial charge < -0.3 is 11.1 Å². The van der Waals surface area contributed by atoms with Crippen LogP contribution < -0.4 is 11.1 Å². The normalized spacial score (nSPS) is 11.9. The second-order valence-electron chi connectivity index (χ2n) is 6.22. The van der Waals surface area contributed by atoms with Crippen molar-refractivity contribution in [3.63, 3.8) is 0 Å². The minimum absolute atomic E-state index is 0.198. The molecule has 0 aliphatic rings. The number of anilines is 2. The Balaban J connectivity index is 1.70. The third-order valence-electron chi connectivity index (χ3n) is 4.27. The third kappa shape index (κ3) is 4.89. The van der Waals surface area contributed by atoms with Crippen molar-refractivity contribution < 1.29 is 9.18 Å². The lowest BCUT2D eigenvalue weighted by Gasteiger charge is -2.19. The Morgan fingerprint density at radius 1 is 1.18 bits per heavy atom. The summed E-state index contributed by atoms with van der Waals surface area (Å²) in [6, 6.07) is 15.2. The Bertz CT molecular complexity index is 914. The van der Waals surface area contributed by atoms with Crippen LogP contribution in [0.5, 0.6) is 0 Å². The molecule has 1 atom stereocenters. The van der Waals surface area contributed by atoms with Gasteiger partial charge in [-0.1, -0.05) is 49.0 Å². The van der Waals surface area contributed by atoms with E-state index in [-0.39, 0.29) is 17.7 Å². The predicted octanol–water partition coefficient (Wildman–Crippen LogP) is 3.92. The molecule has 1 aromatic heterocycles. The Kier molecular flexibility index (Phi) is 6.65. The van der Waals surface area contributed by atoms with E-state index in [0.29, 0.717) is 17.3 Å². The highest BCUT2D eigenvalue weighted by Crippen LogP contribution is 2.26. The van der Waals surface area contributed by atoms with Gasteiger partial charge in [0.1, 0.15) is 11.9 Å². The van der Waals surface area contributed by atoms with Gasteiger partial charge in [-0.05, 0) is 42.7 Å². The number of benzene rings is 2. The molecule has 0 saturated heterocycles. The molecule has 0 radical (unpaired) electrons. The first-order chi connectivity index (χ1) is 13.6. The molecule has 0 saturated carbocycles. The lowest BCUT2D eigenvalue weighted by molar-refractivity contribution is -0.119. The SMILES string of the molecule is CCC(C(=O)Nc1ccc(F)cc1)n1c(N)nnc1SCCc1ccccc1. The fourth-order valence-electron chi connectivity index (χ4n) is 2.83. The molecule has 1 amide bonds. The smallest absolute Gasteiger partial charge is 0.247 e. The number of hydrogen-bond donors (Lipinski definition) is 2. The van der Waals surface area contributed by atoms with E-state index < -0.39 is 6.04 Å². The number of amides is 1. The molecule has 1 unspecified atom stereocenters. The zero-order valence-electron chi connectivity index (χ0n) is 15.5. The highest BCUT2D eigenvalue weighted by atomic mass is 32.2. The number of carbonyl (C=O) groups is 1. The summed E-state index contributed by atoms with van der Waals surface area (Å²) in [5, 5.41) is 11.5. The molecule has 0 aliphatic carbocycles. The summed E-state index contributed by atoms with van der Waals surface area (Å²) in [4.78, 5) is 12.8. The van der Waals surface area contributed by atoms with Crippen molar-refractivity contribution in [2.75, 3.05) is 16.8 Å². The van der Waals surface area contributed by atoms with Gasteiger partial charge in [-0.2, -0.15) is 0 Å². The molecule has 8 heteroatoms. The van der Waals surface area contributed by atoms with E-state index >= 15 is 0 Å². The van der Waals surface area contributed by atoms with Crippen molar-refractivity contribution in [3.05, 3.63) is 66.0 Å². The summed E-state index contributed by atoms with van der Waals surface area (Å²) < 4.78 is 14.7. The first-order valence-electron chi connectivity index (χ1n) is 9.02. The van der Waals surface area contributed by atoms with Crippen LogP contribution in [-0.4, -0.2) is 26.4 Å². The highest BCUT2D eigenvalue weighted by Gasteiger charge is 2.25. The van der Waals surface area contributed by atoms with Gasteiger partial charge >= 0.3 is 0 Å². The maximum Gasteiger partial charge on any atom is 0.247 e. The minimum Gasteiger partial charge on any atom is -0.368 e. The van der Waals surface area contributed by atoms with E-state index in [0.717, 1.165) is 12.2 Å². The first kappa shape index (κ1) is 19.9. The second kappa shape index (κ2) is 9.36. The fourth-order valence-corrected chi connectivity index (χ4v) is 3.81. The summed E-state index contributed by atoms with van der Waals surface area (Å²) in [6.07, 6.45) is 1.39. The Hall–Kier alpha value is -2.87. The molecular weight excluding hydrogens is 377 g/mol. The van der Waals surface area contributed by atoms with Crippen LogP contribution in [0.25, 0.3) is 0 Å². The Labute approximate surface area is 167 Å². The average molecular weight is 399 g/mol. The molecule has 0 aliphatic heterocycles. The summed E-state index contributed by atoms with van der Waals surface area (Å²) in [5.74, 6) is 0.386. The number of thioether (sulfide) groups is 1. The molecule has 28 heavy (non-hydrogen) atoms. The zero-order chi connectivity index (χ0) is 19.9. The van der Waals surface area contributed by atoms with Gasteiger partial charge in [0.05, 0.1) is 0 Å². The topological polar surface area (TPSA) is 85.8 Å². The van der Waals surface area contributed by atoms with Crippen molar-refractivity contribution in [3.8, 4) is 0 Å². The van der Waals surface area contributed by atoms with Gasteiger partial charge in [-0.25, -0.2) is 4.39 Å². The van der Waals surface area contributed by atoms with Crippen molar-refractivity contribution in [2.45, 2.75) is 31.0 Å². The molecular formula is C20H22FN5OS. The van der Waals surface area contributed by atoms with E-state index in [4.69, 9.17) is 5.73 Å². The number of nitrogens with one attached hydrogen (secondary N) is 1. The number of nitrogens with zero attached hydrogens (tertiary/aromatic N) is 3. The number of nitrogen functional groups attached to an aromatic ring is 1. The van der Waals surface area contributed by atoms with Crippen molar-refractivity contribution in [1.29, 1.82) is 0 Å². The largest absolute Gasteiger partial charge is 0.368 e. The van der Waals surface area contributed by atoms with Gasteiger partial charge in [0.2, 0.25) is 11.9 Å². The van der Waals surface area contributed by atoms with Crippen LogP contribution in [0, 0.1) is 5.82 Å². The van der Waals surface area contributed by atoms with Crippen LogP contribution in [-0.2, 0) is 11.2 Å². The molecule has 1 heterocycles. The Morgan fingerprint density at radius 2 is 1.89 bits per heavy atom. The number of aromatic nitrogens is 3. The van der Waals surface area contributed by atoms with Crippen molar-refractivity contribution >= 4 is 29.3 Å². The van der Waals surface area contributed by atoms with Crippen molar-refractivity contribution in [1.82, 2.24) is 14.8 Å². The standard InChI is InChI=1S/C20H22FN5OS/c1-2-17(18(27)23-16-10-8-15(21)9-11-16)26-19(22)24-25-20(26)28-13-12-14-6-4-3-5-7-14/h3-11,17H,2,12-13H2,1H3,(H2,22,24)(H,23,27). The monoisotopic (exact) mass is 399 g/mol. The molecule has 6 nitrogen and oxygen atoms in total. The lowest BCUT2D eigenvalue weighted by Crippen LogP contribution is -2.27. The quantitative estimate of drug-likeness (QED) is 0.561. The Morgan fingerprint density at radius 3 is 2.57 bits per heavy atom. The van der Waals surface area contributed by atoms with Crippen molar-refractivity contribution in [2.24, 2.45) is 0 Å². The van der Waals surface area contributed by atoms with Crippen LogP contribution in [0.15, 0.2) is 59.8 Å². The van der Waals surface area contributed by atoms with E-state index in [1.54, 1.807) is 4.57 Å². The average Bonchev–Trinajstić information content (AvgIpc) is 3.06. The zero-order valence-corrected chi connectivity index (χ0v) is 16.3. The van der Waals surface area contributed by atoms with Gasteiger partial charge in [-0.3, -0.25) is 9.36 Å². The van der Waals surface area contributed by atoms with Crippen LogP contribution >= 0.6 is 11.8 Å². The number of nitrogens with two attached hydrogens (primary N) is 1. The van der Waals surface area contributed by atoms with Gasteiger partial charge in [-0.15, -0.1) is 10.2 Å². The number of carbonyl (C=O) groups excluding carboxylic acids is 1. The molecule has 0 bridgehead atoms. The maximum atomic E-state index is 13.1. The fraction of sp³-hybridized carbons (Fsp3) is 0.250. The number of aryl methyl sites for hydroxylation is 1. The van der Waals surface area contributed by atoms with Gasteiger partial charge in [0.25, 0.3) is 0 Å². The summed E-state index contributed by atoms with van der Waals surface area (Å²) in [6.45, 7) is 1.90. The van der Waals surface area contributed by atoms with Crippen LogP contribution in [0.1, 0.15) is 24.9 Å². The predicted molar refractivity (Wildman–Crippen MR) is 110 cm³/mol. The third-order valence-corrected chi connectivity index (χ3v) is 5.21.